The van der Waals surface area contributed by atoms with Gasteiger partial charge in [-0.25, -0.2) is 0 Å². The van der Waals surface area contributed by atoms with Gasteiger partial charge in [0.05, 0.1) is 18.6 Å². The Labute approximate surface area is 207 Å². The second kappa shape index (κ2) is 9.72. The van der Waals surface area contributed by atoms with E-state index in [9.17, 15) is 14.7 Å². The van der Waals surface area contributed by atoms with Gasteiger partial charge in [-0.05, 0) is 55.7 Å². The topological polar surface area (TPSA) is 108 Å². The first-order valence-corrected chi connectivity index (χ1v) is 12.8. The summed E-state index contributed by atoms with van der Waals surface area (Å²) in [6, 6.07) is 16.3. The van der Waals surface area contributed by atoms with E-state index in [1.807, 2.05) is 49.4 Å². The second-order valence-corrected chi connectivity index (χ2v) is 10.5. The molecule has 0 saturated carbocycles. The smallest absolute Gasteiger partial charge is 0.243 e. The summed E-state index contributed by atoms with van der Waals surface area (Å²) in [5.41, 5.74) is 7.96. The van der Waals surface area contributed by atoms with Crippen LogP contribution in [0.1, 0.15) is 61.8 Å². The fourth-order valence-corrected chi connectivity index (χ4v) is 6.06. The molecule has 2 aromatic rings. The first kappa shape index (κ1) is 24.0. The van der Waals surface area contributed by atoms with E-state index in [0.717, 1.165) is 36.8 Å². The monoisotopic (exact) mass is 476 g/mol. The van der Waals surface area contributed by atoms with Crippen molar-refractivity contribution in [1.82, 2.24) is 15.5 Å². The van der Waals surface area contributed by atoms with E-state index in [2.05, 4.69) is 22.8 Å². The maximum absolute atomic E-state index is 13.8. The lowest BCUT2D eigenvalue weighted by atomic mass is 9.91. The molecule has 2 amide bonds. The first-order valence-electron chi connectivity index (χ1n) is 12.8. The Hall–Kier alpha value is -2.74. The molecule has 3 aliphatic rings. The minimum absolute atomic E-state index is 0.0630. The Bertz CT molecular complexity index is 1070. The van der Waals surface area contributed by atoms with E-state index in [0.29, 0.717) is 6.42 Å². The molecule has 2 heterocycles. The van der Waals surface area contributed by atoms with Gasteiger partial charge in [0.25, 0.3) is 0 Å². The second-order valence-electron chi connectivity index (χ2n) is 10.5. The zero-order valence-electron chi connectivity index (χ0n) is 20.3. The third kappa shape index (κ3) is 4.73. The molecular formula is C28H36N4O3. The number of likely N-dealkylation sites (tertiary alicyclic amines) is 1. The minimum atomic E-state index is -1.28. The summed E-state index contributed by atoms with van der Waals surface area (Å²) in [4.78, 5) is 29.0. The number of carbonyl (C=O) groups excluding carboxylic acids is 2. The van der Waals surface area contributed by atoms with Crippen LogP contribution in [0.2, 0.25) is 0 Å². The number of piperidine rings is 1. The molecule has 186 valence electrons. The van der Waals surface area contributed by atoms with Gasteiger partial charge in [0.15, 0.2) is 0 Å². The van der Waals surface area contributed by atoms with Gasteiger partial charge >= 0.3 is 0 Å². The van der Waals surface area contributed by atoms with Crippen LogP contribution in [0.4, 0.5) is 0 Å². The van der Waals surface area contributed by atoms with Gasteiger partial charge in [0.1, 0.15) is 11.6 Å². The molecule has 0 aromatic heterocycles. The number of amides is 2. The normalized spacial score (nSPS) is 31.1. The molecule has 2 aromatic carbocycles. The Morgan fingerprint density at radius 2 is 1.86 bits per heavy atom. The van der Waals surface area contributed by atoms with Crippen molar-refractivity contribution in [3.05, 3.63) is 71.3 Å². The van der Waals surface area contributed by atoms with Crippen LogP contribution in [-0.2, 0) is 21.6 Å². The van der Waals surface area contributed by atoms with Crippen LogP contribution in [0.5, 0.6) is 0 Å². The molecular weight excluding hydrogens is 440 g/mol. The predicted octanol–water partition coefficient (Wildman–Crippen LogP) is 2.14. The molecule has 2 aliphatic heterocycles. The number of carbonyl (C=O) groups is 2. The number of benzene rings is 2. The Morgan fingerprint density at radius 3 is 2.63 bits per heavy atom. The van der Waals surface area contributed by atoms with E-state index in [1.54, 1.807) is 4.90 Å². The van der Waals surface area contributed by atoms with Crippen LogP contribution in [0, 0.1) is 0 Å². The van der Waals surface area contributed by atoms with Crippen molar-refractivity contribution in [2.75, 3.05) is 6.54 Å². The zero-order chi connectivity index (χ0) is 24.6. The van der Waals surface area contributed by atoms with E-state index in [-0.39, 0.29) is 42.9 Å². The van der Waals surface area contributed by atoms with Crippen molar-refractivity contribution in [2.24, 2.45) is 5.73 Å². The van der Waals surface area contributed by atoms with Crippen LogP contribution in [-0.4, -0.2) is 52.5 Å². The lowest BCUT2D eigenvalue weighted by molar-refractivity contribution is -0.141. The summed E-state index contributed by atoms with van der Waals surface area (Å²) in [5, 5.41) is 18.3. The molecule has 6 atom stereocenters. The number of rotatable bonds is 5. The predicted molar refractivity (Wildman–Crippen MR) is 134 cm³/mol. The first-order chi connectivity index (χ1) is 16.9. The number of β-amino-alcohol motifs (C(OH)–C–C–N with tert-alkyl or cyclic N) is 1. The third-order valence-corrected chi connectivity index (χ3v) is 8.04. The maximum atomic E-state index is 13.8. The molecule has 35 heavy (non-hydrogen) atoms. The molecule has 1 aliphatic carbocycles. The average Bonchev–Trinajstić information content (AvgIpc) is 3.46. The summed E-state index contributed by atoms with van der Waals surface area (Å²) in [6.07, 6.45) is 4.48. The van der Waals surface area contributed by atoms with Gasteiger partial charge < -0.3 is 26.4 Å². The number of hydrogen-bond acceptors (Lipinski definition) is 5. The summed E-state index contributed by atoms with van der Waals surface area (Å²) in [7, 11) is 0. The molecule has 5 N–H and O–H groups in total. The molecule has 3 unspecified atom stereocenters. The highest BCUT2D eigenvalue weighted by Crippen LogP contribution is 2.38. The summed E-state index contributed by atoms with van der Waals surface area (Å²) >= 11 is 0. The van der Waals surface area contributed by atoms with Crippen molar-refractivity contribution in [3.63, 3.8) is 0 Å². The number of nitrogens with one attached hydrogen (secondary N) is 2. The van der Waals surface area contributed by atoms with Crippen molar-refractivity contribution < 1.29 is 14.7 Å². The number of fused-ring (bicyclic) bond motifs is 1. The van der Waals surface area contributed by atoms with Crippen LogP contribution in [0.3, 0.4) is 0 Å². The Balaban J connectivity index is 1.39. The van der Waals surface area contributed by atoms with E-state index >= 15 is 0 Å². The number of aryl methyl sites for hydroxylation is 1. The molecule has 0 spiro atoms. The highest BCUT2D eigenvalue weighted by atomic mass is 16.3. The Morgan fingerprint density at radius 1 is 1.11 bits per heavy atom. The highest BCUT2D eigenvalue weighted by Gasteiger charge is 2.50. The van der Waals surface area contributed by atoms with Crippen LogP contribution < -0.4 is 16.4 Å². The molecule has 5 rings (SSSR count). The minimum Gasteiger partial charge on any atom is -0.383 e. The molecule has 0 bridgehead atoms. The van der Waals surface area contributed by atoms with Crippen LogP contribution in [0.25, 0.3) is 0 Å². The van der Waals surface area contributed by atoms with Gasteiger partial charge in [-0.3, -0.25) is 9.59 Å². The van der Waals surface area contributed by atoms with Crippen LogP contribution >= 0.6 is 0 Å². The molecule has 0 radical (unpaired) electrons. The molecule has 7 heteroatoms. The lowest BCUT2D eigenvalue weighted by Crippen LogP contribution is -2.58. The summed E-state index contributed by atoms with van der Waals surface area (Å²) < 4.78 is 0. The fourth-order valence-electron chi connectivity index (χ4n) is 6.06. The van der Waals surface area contributed by atoms with E-state index in [1.165, 1.54) is 5.56 Å². The summed E-state index contributed by atoms with van der Waals surface area (Å²) in [6.45, 7) is 2.04. The Kier molecular flexibility index (Phi) is 6.66. The van der Waals surface area contributed by atoms with Crippen molar-refractivity contribution >= 4 is 11.8 Å². The number of nitrogens with two attached hydrogens (primary N) is 1. The van der Waals surface area contributed by atoms with Gasteiger partial charge in [-0.2, -0.15) is 0 Å². The fraction of sp³-hybridized carbons (Fsp3) is 0.500. The highest BCUT2D eigenvalue weighted by molar-refractivity contribution is 5.91. The van der Waals surface area contributed by atoms with Crippen molar-refractivity contribution in [2.45, 2.75) is 81.3 Å². The standard InChI is InChI=1S/C28H36N4O3/c1-18(29)22-12-7-13-24(30-22)27(34)32-17-28(35,20-9-3-2-4-10-20)16-25(32)26(33)31-23-15-14-19-8-5-6-11-21(19)23/h2-6,8-11,18,22-25,30,35H,7,12-17,29H2,1H3,(H,31,33)/t18?,22?,23-,24?,25+,28-/m1/s1. The third-order valence-electron chi connectivity index (χ3n) is 8.04. The van der Waals surface area contributed by atoms with Crippen molar-refractivity contribution in [1.29, 1.82) is 0 Å². The largest absolute Gasteiger partial charge is 0.383 e. The van der Waals surface area contributed by atoms with E-state index < -0.39 is 17.7 Å². The quantitative estimate of drug-likeness (QED) is 0.529. The van der Waals surface area contributed by atoms with Gasteiger partial charge in [0, 0.05) is 18.5 Å². The average molecular weight is 477 g/mol. The number of aliphatic hydroxyl groups is 1. The van der Waals surface area contributed by atoms with Gasteiger partial charge in [-0.1, -0.05) is 54.6 Å². The molecule has 2 fully saturated rings. The number of nitrogens with zero attached hydrogens (tertiary/aromatic N) is 1. The summed E-state index contributed by atoms with van der Waals surface area (Å²) in [5.74, 6) is -0.333. The molecule has 2 saturated heterocycles. The zero-order valence-corrected chi connectivity index (χ0v) is 20.3. The SMILES string of the molecule is CC(N)C1CCCC(C(=O)N2C[C@@](O)(c3ccccc3)C[C@H]2C(=O)N[C@@H]2CCc3ccccc32)N1. The van der Waals surface area contributed by atoms with E-state index in [4.69, 9.17) is 5.73 Å². The van der Waals surface area contributed by atoms with Crippen molar-refractivity contribution in [3.8, 4) is 0 Å². The maximum Gasteiger partial charge on any atom is 0.243 e. The number of hydrogen-bond donors (Lipinski definition) is 4. The van der Waals surface area contributed by atoms with Gasteiger partial charge in [0.2, 0.25) is 11.8 Å². The van der Waals surface area contributed by atoms with Gasteiger partial charge in [-0.15, -0.1) is 0 Å². The van der Waals surface area contributed by atoms with Crippen LogP contribution in [0.15, 0.2) is 54.6 Å². The lowest BCUT2D eigenvalue weighted by Gasteiger charge is -2.36. The molecule has 7 nitrogen and oxygen atoms in total.